The molecule has 0 bridgehead atoms. The van der Waals surface area contributed by atoms with Crippen molar-refractivity contribution in [2.75, 3.05) is 25.2 Å². The Kier molecular flexibility index (Phi) is 11.0. The molecule has 2 aromatic carbocycles. The zero-order valence-electron chi connectivity index (χ0n) is 25.1. The van der Waals surface area contributed by atoms with Gasteiger partial charge in [0.1, 0.15) is 0 Å². The van der Waals surface area contributed by atoms with Gasteiger partial charge < -0.3 is 25.2 Å². The fourth-order valence-electron chi connectivity index (χ4n) is 6.32. The monoisotopic (exact) mass is 783 g/mol. The van der Waals surface area contributed by atoms with Crippen LogP contribution in [0.15, 0.2) is 47.1 Å². The van der Waals surface area contributed by atoms with Crippen molar-refractivity contribution in [3.8, 4) is 11.5 Å². The molecule has 0 radical (unpaired) electrons. The summed E-state index contributed by atoms with van der Waals surface area (Å²) in [5.74, 6) is -5.86. The summed E-state index contributed by atoms with van der Waals surface area (Å²) >= 11 is 1.95. The number of anilines is 1. The third-order valence-electron chi connectivity index (χ3n) is 8.60. The van der Waals surface area contributed by atoms with Crippen LogP contribution in [0.4, 0.5) is 32.0 Å². The predicted octanol–water partition coefficient (Wildman–Crippen LogP) is 6.08. The Morgan fingerprint density at radius 3 is 2.17 bits per heavy atom. The van der Waals surface area contributed by atoms with Crippen LogP contribution in [0.3, 0.4) is 0 Å². The van der Waals surface area contributed by atoms with Crippen molar-refractivity contribution in [2.24, 2.45) is 17.8 Å². The molecule has 1 heterocycles. The number of carbonyl (C=O) groups is 2. The normalized spacial score (nSPS) is 21.4. The van der Waals surface area contributed by atoms with Gasteiger partial charge >= 0.3 is 12.4 Å². The summed E-state index contributed by atoms with van der Waals surface area (Å²) in [7, 11) is 1.41. The van der Waals surface area contributed by atoms with Gasteiger partial charge in [0.25, 0.3) is 0 Å². The summed E-state index contributed by atoms with van der Waals surface area (Å²) in [6.45, 7) is 0.427. The van der Waals surface area contributed by atoms with E-state index >= 15 is 0 Å². The fourth-order valence-corrected chi connectivity index (χ4v) is 6.95. The Morgan fingerprint density at radius 2 is 1.66 bits per heavy atom. The molecule has 4 N–H and O–H groups in total. The Balaban J connectivity index is 1.65. The number of phenols is 1. The molecule has 47 heavy (non-hydrogen) atoms. The number of carbonyl (C=O) groups excluding carboxylic acids is 2. The van der Waals surface area contributed by atoms with Crippen LogP contribution >= 0.6 is 22.6 Å². The van der Waals surface area contributed by atoms with Crippen molar-refractivity contribution in [1.82, 2.24) is 0 Å². The summed E-state index contributed by atoms with van der Waals surface area (Å²) in [6.07, 6.45) is -9.26. The number of phenolic OH excluding ortho intramolecular Hbond substituents is 1. The lowest BCUT2D eigenvalue weighted by Gasteiger charge is -2.36. The van der Waals surface area contributed by atoms with E-state index < -0.39 is 78.1 Å². The summed E-state index contributed by atoms with van der Waals surface area (Å²) in [4.78, 5) is 27.4. The fraction of sp³-hybridized carbons (Fsp3) is 0.438. The predicted molar refractivity (Wildman–Crippen MR) is 166 cm³/mol. The zero-order chi connectivity index (χ0) is 35.0. The number of ether oxygens (including phenoxy) is 1. The first kappa shape index (κ1) is 36.7. The molecule has 256 valence electrons. The van der Waals surface area contributed by atoms with E-state index in [9.17, 15) is 56.4 Å². The smallest absolute Gasteiger partial charge is 0.416 e. The van der Waals surface area contributed by atoms with Gasteiger partial charge in [-0.25, -0.2) is 4.90 Å². The van der Waals surface area contributed by atoms with Gasteiger partial charge in [-0.2, -0.15) is 26.3 Å². The number of aliphatic hydroxyl groups excluding tert-OH is 3. The lowest BCUT2D eigenvalue weighted by Crippen LogP contribution is -2.39. The van der Waals surface area contributed by atoms with Crippen molar-refractivity contribution < 1.29 is 61.1 Å². The van der Waals surface area contributed by atoms with Crippen molar-refractivity contribution in [1.29, 1.82) is 0 Å². The Bertz CT molecular complexity index is 1570. The summed E-state index contributed by atoms with van der Waals surface area (Å²) < 4.78 is 87.0. The van der Waals surface area contributed by atoms with E-state index in [-0.39, 0.29) is 58.6 Å². The van der Waals surface area contributed by atoms with Crippen molar-refractivity contribution in [3.63, 3.8) is 0 Å². The van der Waals surface area contributed by atoms with E-state index in [4.69, 9.17) is 4.74 Å². The lowest BCUT2D eigenvalue weighted by molar-refractivity contribution is -0.143. The Hall–Kier alpha value is -3.15. The van der Waals surface area contributed by atoms with Gasteiger partial charge in [-0.15, -0.1) is 0 Å². The second-order valence-electron chi connectivity index (χ2n) is 11.4. The minimum atomic E-state index is -5.22. The molecule has 4 rings (SSSR count). The molecule has 1 aliphatic heterocycles. The second kappa shape index (κ2) is 14.1. The summed E-state index contributed by atoms with van der Waals surface area (Å²) in [5.41, 5.74) is -2.48. The number of nitrogens with zero attached hydrogens (tertiary/aromatic N) is 1. The number of aromatic hydroxyl groups is 1. The highest BCUT2D eigenvalue weighted by Crippen LogP contribution is 2.48. The van der Waals surface area contributed by atoms with Crippen molar-refractivity contribution >= 4 is 46.2 Å². The Labute approximate surface area is 279 Å². The number of benzene rings is 2. The molecular weight excluding hydrogens is 751 g/mol. The van der Waals surface area contributed by atoms with Crippen LogP contribution < -0.4 is 9.64 Å². The highest BCUT2D eigenvalue weighted by molar-refractivity contribution is 14.1. The molecule has 1 saturated heterocycles. The number of amides is 2. The molecule has 15 heteroatoms. The standard InChI is InChI=1S/C32H32F6INO7/c1-3-15(6-16-7-23(39)28(44)25(8-16)47-2)4-5-24(43)26-17(13-41)9-21-27(22(26)14-42)30(46)40(29(21)45)20-11-18(31(33,34)35)10-19(12-20)32(36,37)38/h6-8,10-12,21-22,24,27,41-44H,3-5,9,13-14H2,1-2H3/b15-6+/t21-,22+,24-,27-/m1/s1. The average molecular weight is 784 g/mol. The van der Waals surface area contributed by atoms with E-state index in [2.05, 4.69) is 0 Å². The van der Waals surface area contributed by atoms with Gasteiger partial charge in [0.15, 0.2) is 11.5 Å². The highest BCUT2D eigenvalue weighted by Gasteiger charge is 2.55. The zero-order valence-corrected chi connectivity index (χ0v) is 27.3. The molecule has 2 amide bonds. The summed E-state index contributed by atoms with van der Waals surface area (Å²) in [5, 5.41) is 42.1. The molecule has 0 spiro atoms. The van der Waals surface area contributed by atoms with E-state index in [0.29, 0.717) is 16.4 Å². The molecule has 0 saturated carbocycles. The van der Waals surface area contributed by atoms with Crippen LogP contribution in [0, 0.1) is 21.3 Å². The molecule has 8 nitrogen and oxygen atoms in total. The molecule has 2 aliphatic rings. The number of hydrogen-bond acceptors (Lipinski definition) is 7. The molecule has 4 atom stereocenters. The SMILES string of the molecule is CC/C(=C\c1cc(I)c(O)c(OC)c1)CC[C@@H](O)C1=C(CO)C[C@H]2C(=O)N(c3cc(C(F)(F)F)cc(C(F)(F)F)c3)C(=O)[C@H]2[C@H]1CO. The van der Waals surface area contributed by atoms with Crippen molar-refractivity contribution in [3.05, 3.63) is 67.3 Å². The maximum absolute atomic E-state index is 13.7. The lowest BCUT2D eigenvalue weighted by atomic mass is 9.68. The molecule has 2 aromatic rings. The van der Waals surface area contributed by atoms with Gasteiger partial charge in [-0.1, -0.05) is 18.6 Å². The minimum absolute atomic E-state index is 0.0137. The number of imide groups is 1. The number of allylic oxidation sites excluding steroid dienone is 1. The minimum Gasteiger partial charge on any atom is -0.504 e. The maximum atomic E-state index is 13.7. The van der Waals surface area contributed by atoms with Crippen LogP contribution in [0.5, 0.6) is 11.5 Å². The second-order valence-corrected chi connectivity index (χ2v) is 12.5. The quantitative estimate of drug-likeness (QED) is 0.0996. The van der Waals surface area contributed by atoms with Crippen LogP contribution in [0.2, 0.25) is 0 Å². The van der Waals surface area contributed by atoms with E-state index in [1.165, 1.54) is 7.11 Å². The van der Waals surface area contributed by atoms with Gasteiger partial charge in [-0.3, -0.25) is 9.59 Å². The number of methoxy groups -OCH3 is 1. The van der Waals surface area contributed by atoms with Crippen molar-refractivity contribution in [2.45, 2.75) is 51.1 Å². The Morgan fingerprint density at radius 1 is 1.04 bits per heavy atom. The number of hydrogen-bond donors (Lipinski definition) is 4. The van der Waals surface area contributed by atoms with Crippen LogP contribution in [0.25, 0.3) is 6.08 Å². The molecule has 1 aliphatic carbocycles. The first-order valence-corrected chi connectivity index (χ1v) is 15.6. The average Bonchev–Trinajstić information content (AvgIpc) is 3.27. The van der Waals surface area contributed by atoms with Gasteiger partial charge in [0.05, 0.1) is 58.6 Å². The van der Waals surface area contributed by atoms with Crippen LogP contribution in [-0.4, -0.2) is 58.7 Å². The molecular formula is C32H32F6INO7. The first-order chi connectivity index (χ1) is 22.0. The number of aliphatic hydroxyl groups is 3. The van der Waals surface area contributed by atoms with E-state index in [0.717, 1.165) is 11.1 Å². The topological polar surface area (TPSA) is 128 Å². The van der Waals surface area contributed by atoms with Gasteiger partial charge in [0.2, 0.25) is 11.8 Å². The third kappa shape index (κ3) is 7.47. The van der Waals surface area contributed by atoms with Gasteiger partial charge in [0, 0.05) is 5.92 Å². The molecule has 0 aromatic heterocycles. The number of alkyl halides is 6. The van der Waals surface area contributed by atoms with Crippen LogP contribution in [-0.2, 0) is 21.9 Å². The number of halogens is 7. The number of fused-ring (bicyclic) bond motifs is 1. The third-order valence-corrected chi connectivity index (χ3v) is 9.42. The summed E-state index contributed by atoms with van der Waals surface area (Å²) in [6, 6.07) is 3.83. The molecule has 0 unspecified atom stereocenters. The molecule has 1 fully saturated rings. The van der Waals surface area contributed by atoms with E-state index in [1.54, 1.807) is 12.1 Å². The number of rotatable bonds is 10. The first-order valence-electron chi connectivity index (χ1n) is 14.5. The van der Waals surface area contributed by atoms with Gasteiger partial charge in [-0.05, 0) is 95.3 Å². The van der Waals surface area contributed by atoms with E-state index in [1.807, 2.05) is 35.6 Å². The van der Waals surface area contributed by atoms with Crippen LogP contribution in [0.1, 0.15) is 49.3 Å². The highest BCUT2D eigenvalue weighted by atomic mass is 127. The largest absolute Gasteiger partial charge is 0.504 e. The maximum Gasteiger partial charge on any atom is 0.416 e.